The quantitative estimate of drug-likeness (QED) is 0.886. The lowest BCUT2D eigenvalue weighted by molar-refractivity contribution is 0.161. The molecule has 2 nitrogen and oxygen atoms in total. The number of aliphatic hydroxyl groups excluding tert-OH is 1. The molecule has 0 fully saturated rings. The highest BCUT2D eigenvalue weighted by Crippen LogP contribution is 2.22. The molecule has 0 aliphatic rings. The van der Waals surface area contributed by atoms with Crippen LogP contribution in [0.4, 0.5) is 0 Å². The van der Waals surface area contributed by atoms with Gasteiger partial charge in [0.25, 0.3) is 0 Å². The number of halogens is 1. The Balaban J connectivity index is 2.43. The second kappa shape index (κ2) is 6.23. The Labute approximate surface area is 99.9 Å². The van der Waals surface area contributed by atoms with Crippen molar-refractivity contribution >= 4 is 15.9 Å². The third-order valence-corrected chi connectivity index (χ3v) is 2.80. The Morgan fingerprint density at radius 3 is 2.67 bits per heavy atom. The first kappa shape index (κ1) is 12.7. The van der Waals surface area contributed by atoms with Gasteiger partial charge in [0.05, 0.1) is 6.10 Å². The SMILES string of the molecule is CC(C)CCCC(O)c1cncc(Br)c1. The lowest BCUT2D eigenvalue weighted by Crippen LogP contribution is -1.99. The van der Waals surface area contributed by atoms with E-state index in [1.165, 1.54) is 6.42 Å². The number of aliphatic hydroxyl groups is 1. The summed E-state index contributed by atoms with van der Waals surface area (Å²) in [7, 11) is 0. The first-order chi connectivity index (χ1) is 7.09. The zero-order valence-electron chi connectivity index (χ0n) is 9.28. The Morgan fingerprint density at radius 1 is 1.33 bits per heavy atom. The predicted molar refractivity (Wildman–Crippen MR) is 65.6 cm³/mol. The number of aromatic nitrogens is 1. The van der Waals surface area contributed by atoms with E-state index in [2.05, 4.69) is 34.8 Å². The highest BCUT2D eigenvalue weighted by Gasteiger charge is 2.08. The van der Waals surface area contributed by atoms with Gasteiger partial charge in [-0.15, -0.1) is 0 Å². The van der Waals surface area contributed by atoms with Crippen molar-refractivity contribution in [2.75, 3.05) is 0 Å². The molecule has 0 saturated carbocycles. The van der Waals surface area contributed by atoms with E-state index in [0.717, 1.165) is 22.9 Å². The molecule has 0 amide bonds. The van der Waals surface area contributed by atoms with E-state index >= 15 is 0 Å². The molecule has 0 aliphatic heterocycles. The van der Waals surface area contributed by atoms with Gasteiger partial charge in [-0.3, -0.25) is 4.98 Å². The summed E-state index contributed by atoms with van der Waals surface area (Å²) in [6.07, 6.45) is 6.11. The number of rotatable bonds is 5. The average Bonchev–Trinajstić information content (AvgIpc) is 2.17. The van der Waals surface area contributed by atoms with E-state index in [1.807, 2.05) is 6.07 Å². The highest BCUT2D eigenvalue weighted by atomic mass is 79.9. The normalized spacial score (nSPS) is 13.1. The summed E-state index contributed by atoms with van der Waals surface area (Å²) in [4.78, 5) is 4.04. The summed E-state index contributed by atoms with van der Waals surface area (Å²) < 4.78 is 0.919. The van der Waals surface area contributed by atoms with Gasteiger partial charge in [0.15, 0.2) is 0 Å². The molecule has 1 heterocycles. The minimum Gasteiger partial charge on any atom is -0.388 e. The maximum absolute atomic E-state index is 9.90. The van der Waals surface area contributed by atoms with Crippen LogP contribution in [0.2, 0.25) is 0 Å². The van der Waals surface area contributed by atoms with Gasteiger partial charge in [0.2, 0.25) is 0 Å². The fourth-order valence-corrected chi connectivity index (χ4v) is 1.88. The molecule has 0 aromatic carbocycles. The van der Waals surface area contributed by atoms with Crippen molar-refractivity contribution in [2.24, 2.45) is 5.92 Å². The van der Waals surface area contributed by atoms with Crippen molar-refractivity contribution in [3.8, 4) is 0 Å². The van der Waals surface area contributed by atoms with Gasteiger partial charge >= 0.3 is 0 Å². The van der Waals surface area contributed by atoms with Crippen LogP contribution in [0.5, 0.6) is 0 Å². The van der Waals surface area contributed by atoms with E-state index < -0.39 is 0 Å². The molecule has 0 spiro atoms. The first-order valence-electron chi connectivity index (χ1n) is 5.38. The van der Waals surface area contributed by atoms with Gasteiger partial charge in [0.1, 0.15) is 0 Å². The minimum atomic E-state index is -0.381. The molecule has 1 atom stereocenters. The maximum Gasteiger partial charge on any atom is 0.0805 e. The van der Waals surface area contributed by atoms with Crippen LogP contribution in [-0.4, -0.2) is 10.1 Å². The molecule has 1 N–H and O–H groups in total. The molecule has 1 unspecified atom stereocenters. The van der Waals surface area contributed by atoms with Gasteiger partial charge in [-0.1, -0.05) is 26.7 Å². The van der Waals surface area contributed by atoms with Crippen LogP contribution in [0.15, 0.2) is 22.9 Å². The second-order valence-electron chi connectivity index (χ2n) is 4.28. The zero-order chi connectivity index (χ0) is 11.3. The summed E-state index contributed by atoms with van der Waals surface area (Å²) in [6.45, 7) is 4.40. The van der Waals surface area contributed by atoms with Crippen molar-refractivity contribution in [1.29, 1.82) is 0 Å². The summed E-state index contributed by atoms with van der Waals surface area (Å²) in [5.74, 6) is 0.706. The molecular weight excluding hydrogens is 254 g/mol. The van der Waals surface area contributed by atoms with Crippen molar-refractivity contribution < 1.29 is 5.11 Å². The molecule has 0 aliphatic carbocycles. The molecule has 0 radical (unpaired) electrons. The fraction of sp³-hybridized carbons (Fsp3) is 0.583. The molecule has 1 aromatic rings. The van der Waals surface area contributed by atoms with Gasteiger partial charge in [-0.05, 0) is 39.9 Å². The molecule has 1 rings (SSSR count). The minimum absolute atomic E-state index is 0.381. The van der Waals surface area contributed by atoms with Crippen molar-refractivity contribution in [2.45, 2.75) is 39.2 Å². The van der Waals surface area contributed by atoms with Crippen LogP contribution in [-0.2, 0) is 0 Å². The zero-order valence-corrected chi connectivity index (χ0v) is 10.9. The standard InChI is InChI=1S/C12H18BrNO/c1-9(2)4-3-5-12(15)10-6-11(13)8-14-7-10/h6-9,12,15H,3-5H2,1-2H3. The number of pyridine rings is 1. The van der Waals surface area contributed by atoms with Crippen LogP contribution in [0.3, 0.4) is 0 Å². The van der Waals surface area contributed by atoms with Crippen molar-refractivity contribution in [1.82, 2.24) is 4.98 Å². The molecule has 0 saturated heterocycles. The predicted octanol–water partition coefficient (Wildman–Crippen LogP) is 3.70. The monoisotopic (exact) mass is 271 g/mol. The van der Waals surface area contributed by atoms with Crippen molar-refractivity contribution in [3.63, 3.8) is 0 Å². The lowest BCUT2D eigenvalue weighted by atomic mass is 10.0. The summed E-state index contributed by atoms with van der Waals surface area (Å²) >= 11 is 3.35. The molecule has 3 heteroatoms. The van der Waals surface area contributed by atoms with E-state index in [0.29, 0.717) is 5.92 Å². The van der Waals surface area contributed by atoms with Crippen molar-refractivity contribution in [3.05, 3.63) is 28.5 Å². The van der Waals surface area contributed by atoms with Crippen LogP contribution in [0.1, 0.15) is 44.8 Å². The third-order valence-electron chi connectivity index (χ3n) is 2.37. The maximum atomic E-state index is 9.90. The van der Waals surface area contributed by atoms with E-state index in [-0.39, 0.29) is 6.10 Å². The molecule has 15 heavy (non-hydrogen) atoms. The number of hydrogen-bond acceptors (Lipinski definition) is 2. The van der Waals surface area contributed by atoms with Gasteiger partial charge in [-0.2, -0.15) is 0 Å². The van der Waals surface area contributed by atoms with Gasteiger partial charge in [0, 0.05) is 16.9 Å². The third kappa shape index (κ3) is 4.76. The Kier molecular flexibility index (Phi) is 5.26. The van der Waals surface area contributed by atoms with Crippen LogP contribution >= 0.6 is 15.9 Å². The molecule has 0 bridgehead atoms. The van der Waals surface area contributed by atoms with Gasteiger partial charge < -0.3 is 5.11 Å². The number of hydrogen-bond donors (Lipinski definition) is 1. The van der Waals surface area contributed by atoms with E-state index in [1.54, 1.807) is 12.4 Å². The summed E-state index contributed by atoms with van der Waals surface area (Å²) in [6, 6.07) is 1.92. The van der Waals surface area contributed by atoms with E-state index in [4.69, 9.17) is 0 Å². The molecule has 84 valence electrons. The van der Waals surface area contributed by atoms with Gasteiger partial charge in [-0.25, -0.2) is 0 Å². The summed E-state index contributed by atoms with van der Waals surface area (Å²) in [5, 5.41) is 9.90. The van der Waals surface area contributed by atoms with Crippen LogP contribution in [0.25, 0.3) is 0 Å². The lowest BCUT2D eigenvalue weighted by Gasteiger charge is -2.11. The highest BCUT2D eigenvalue weighted by molar-refractivity contribution is 9.10. The second-order valence-corrected chi connectivity index (χ2v) is 5.19. The summed E-state index contributed by atoms with van der Waals surface area (Å²) in [5.41, 5.74) is 0.896. The Bertz CT molecular complexity index is 301. The van der Waals surface area contributed by atoms with Crippen LogP contribution < -0.4 is 0 Å². The van der Waals surface area contributed by atoms with E-state index in [9.17, 15) is 5.11 Å². The Hall–Kier alpha value is -0.410. The fourth-order valence-electron chi connectivity index (χ4n) is 1.50. The largest absolute Gasteiger partial charge is 0.388 e. The van der Waals surface area contributed by atoms with Crippen LogP contribution in [0, 0.1) is 5.92 Å². The average molecular weight is 272 g/mol. The Morgan fingerprint density at radius 2 is 2.07 bits per heavy atom. The topological polar surface area (TPSA) is 33.1 Å². The molecular formula is C12H18BrNO. The molecule has 1 aromatic heterocycles. The number of nitrogens with zero attached hydrogens (tertiary/aromatic N) is 1. The smallest absolute Gasteiger partial charge is 0.0805 e. The first-order valence-corrected chi connectivity index (χ1v) is 6.17.